The molecule has 0 N–H and O–H groups in total. The van der Waals surface area contributed by atoms with E-state index >= 15 is 0 Å². The van der Waals surface area contributed by atoms with E-state index in [4.69, 9.17) is 0 Å². The fourth-order valence-corrected chi connectivity index (χ4v) is 6.15. The van der Waals surface area contributed by atoms with Crippen molar-refractivity contribution in [1.29, 1.82) is 0 Å². The molecule has 28 heavy (non-hydrogen) atoms. The van der Waals surface area contributed by atoms with Crippen molar-refractivity contribution >= 4 is 23.2 Å². The van der Waals surface area contributed by atoms with Gasteiger partial charge in [-0.2, -0.15) is 0 Å². The molecule has 0 radical (unpaired) electrons. The van der Waals surface area contributed by atoms with Gasteiger partial charge in [0.1, 0.15) is 5.82 Å². The van der Waals surface area contributed by atoms with E-state index in [0.29, 0.717) is 23.9 Å². The zero-order chi connectivity index (χ0) is 19.1. The first kappa shape index (κ1) is 18.2. The summed E-state index contributed by atoms with van der Waals surface area (Å²) in [5.74, 6) is 1.60. The number of rotatable bonds is 5. The molecule has 3 nitrogen and oxygen atoms in total. The lowest BCUT2D eigenvalue weighted by Gasteiger charge is -2.40. The summed E-state index contributed by atoms with van der Waals surface area (Å²) < 4.78 is 13.0. The lowest BCUT2D eigenvalue weighted by atomic mass is 9.89. The minimum Gasteiger partial charge on any atom is -0.366 e. The van der Waals surface area contributed by atoms with Crippen molar-refractivity contribution in [3.05, 3.63) is 59.4 Å². The second-order valence-corrected chi connectivity index (χ2v) is 9.17. The minimum absolute atomic E-state index is 0.111. The van der Waals surface area contributed by atoms with Crippen molar-refractivity contribution < 1.29 is 9.18 Å². The maximum atomic E-state index is 13.0. The smallest absolute Gasteiger partial charge is 0.162 e. The zero-order valence-corrected chi connectivity index (χ0v) is 16.8. The number of hydrogen-bond donors (Lipinski definition) is 0. The fourth-order valence-electron chi connectivity index (χ4n) is 5.09. The molecule has 3 aliphatic heterocycles. The number of carbonyl (C=O) groups excluding carboxylic acids is 1. The van der Waals surface area contributed by atoms with Crippen LogP contribution in [0.25, 0.3) is 0 Å². The standard InChI is InChI=1S/C23H25FN2OS/c24-17-8-6-16(7-9-17)21(27)4-2-11-25-12-10-20-19(15-25)18-3-1-5-22-23(18)26(20)13-14-28-22/h1,3,5-9,19-20H,2,4,10-15H2. The van der Waals surface area contributed by atoms with Gasteiger partial charge in [0.05, 0.1) is 5.69 Å². The average molecular weight is 397 g/mol. The molecular weight excluding hydrogens is 371 g/mol. The van der Waals surface area contributed by atoms with Crippen LogP contribution in [-0.2, 0) is 0 Å². The summed E-state index contributed by atoms with van der Waals surface area (Å²) >= 11 is 1.99. The predicted molar refractivity (Wildman–Crippen MR) is 112 cm³/mol. The van der Waals surface area contributed by atoms with E-state index in [1.54, 1.807) is 12.1 Å². The Morgan fingerprint density at radius 2 is 2.00 bits per heavy atom. The summed E-state index contributed by atoms with van der Waals surface area (Å²) in [6.07, 6.45) is 2.59. The van der Waals surface area contributed by atoms with Crippen LogP contribution in [0.5, 0.6) is 0 Å². The Morgan fingerprint density at radius 3 is 2.86 bits per heavy atom. The van der Waals surface area contributed by atoms with E-state index in [2.05, 4.69) is 28.0 Å². The van der Waals surface area contributed by atoms with Crippen LogP contribution in [0.1, 0.15) is 41.1 Å². The van der Waals surface area contributed by atoms with Gasteiger partial charge in [0, 0.05) is 54.2 Å². The number of halogens is 1. The maximum Gasteiger partial charge on any atom is 0.162 e. The summed E-state index contributed by atoms with van der Waals surface area (Å²) in [5.41, 5.74) is 3.65. The third kappa shape index (κ3) is 3.25. The highest BCUT2D eigenvalue weighted by Gasteiger charge is 2.43. The van der Waals surface area contributed by atoms with Crippen molar-refractivity contribution in [1.82, 2.24) is 4.90 Å². The lowest BCUT2D eigenvalue weighted by molar-refractivity contribution is 0.0971. The second kappa shape index (κ2) is 7.53. The SMILES string of the molecule is O=C(CCCN1CCC2C(C1)c1cccc3c1N2CCS3)c1ccc(F)cc1. The van der Waals surface area contributed by atoms with Crippen molar-refractivity contribution in [2.24, 2.45) is 0 Å². The number of ketones is 1. The summed E-state index contributed by atoms with van der Waals surface area (Å²) in [6, 6.07) is 13.4. The summed E-state index contributed by atoms with van der Waals surface area (Å²) in [6.45, 7) is 4.33. The predicted octanol–water partition coefficient (Wildman–Crippen LogP) is 4.57. The van der Waals surface area contributed by atoms with Crippen molar-refractivity contribution in [2.45, 2.75) is 36.1 Å². The molecule has 0 saturated carbocycles. The molecule has 0 aliphatic carbocycles. The summed E-state index contributed by atoms with van der Waals surface area (Å²) in [5, 5.41) is 0. The minimum atomic E-state index is -0.296. The van der Waals surface area contributed by atoms with Gasteiger partial charge in [-0.25, -0.2) is 4.39 Å². The van der Waals surface area contributed by atoms with Crippen LogP contribution in [0.15, 0.2) is 47.4 Å². The van der Waals surface area contributed by atoms with Crippen LogP contribution in [0, 0.1) is 5.82 Å². The Kier molecular flexibility index (Phi) is 4.89. The highest BCUT2D eigenvalue weighted by molar-refractivity contribution is 7.99. The number of Topliss-reactive ketones (excluding diaryl/α,β-unsaturated/α-hetero) is 1. The van der Waals surface area contributed by atoms with Crippen LogP contribution >= 0.6 is 11.8 Å². The van der Waals surface area contributed by atoms with Gasteiger partial charge in [0.2, 0.25) is 0 Å². The number of thioether (sulfide) groups is 1. The first-order chi connectivity index (χ1) is 13.7. The normalized spacial score (nSPS) is 23.4. The first-order valence-electron chi connectivity index (χ1n) is 10.2. The molecule has 2 aromatic rings. The van der Waals surface area contributed by atoms with Crippen molar-refractivity contribution in [3.63, 3.8) is 0 Å². The number of piperidine rings is 1. The van der Waals surface area contributed by atoms with Gasteiger partial charge in [0.15, 0.2) is 5.78 Å². The Hall–Kier alpha value is -1.85. The largest absolute Gasteiger partial charge is 0.366 e. The molecule has 5 rings (SSSR count). The molecule has 1 saturated heterocycles. The van der Waals surface area contributed by atoms with Crippen molar-refractivity contribution in [3.8, 4) is 0 Å². The van der Waals surface area contributed by atoms with E-state index in [0.717, 1.165) is 26.1 Å². The molecule has 3 aliphatic rings. The lowest BCUT2D eigenvalue weighted by Crippen LogP contribution is -2.47. The number of anilines is 1. The quantitative estimate of drug-likeness (QED) is 0.691. The van der Waals surface area contributed by atoms with Crippen LogP contribution in [-0.4, -0.2) is 48.7 Å². The highest BCUT2D eigenvalue weighted by atomic mass is 32.2. The van der Waals surface area contributed by atoms with Gasteiger partial charge in [-0.3, -0.25) is 4.79 Å². The number of hydrogen-bond acceptors (Lipinski definition) is 4. The molecule has 2 aromatic carbocycles. The van der Waals surface area contributed by atoms with Crippen LogP contribution < -0.4 is 4.90 Å². The molecule has 0 bridgehead atoms. The van der Waals surface area contributed by atoms with Gasteiger partial charge in [-0.1, -0.05) is 12.1 Å². The third-order valence-corrected chi connectivity index (χ3v) is 7.44. The van der Waals surface area contributed by atoms with Crippen molar-refractivity contribution in [2.75, 3.05) is 36.8 Å². The number of para-hydroxylation sites is 1. The Morgan fingerprint density at radius 1 is 1.14 bits per heavy atom. The van der Waals surface area contributed by atoms with E-state index in [-0.39, 0.29) is 11.6 Å². The number of nitrogens with zero attached hydrogens (tertiary/aromatic N) is 2. The number of likely N-dealkylation sites (tertiary alicyclic amines) is 1. The first-order valence-corrected chi connectivity index (χ1v) is 11.2. The average Bonchev–Trinajstić information content (AvgIpc) is 3.04. The Labute approximate surface area is 169 Å². The molecular formula is C23H25FN2OS. The van der Waals surface area contributed by atoms with Gasteiger partial charge < -0.3 is 9.80 Å². The third-order valence-electron chi connectivity index (χ3n) is 6.41. The number of fused-ring (bicyclic) bond motifs is 3. The van der Waals surface area contributed by atoms with E-state index in [1.165, 1.54) is 47.0 Å². The van der Waals surface area contributed by atoms with Crippen LogP contribution in [0.3, 0.4) is 0 Å². The van der Waals surface area contributed by atoms with E-state index in [9.17, 15) is 9.18 Å². The van der Waals surface area contributed by atoms with Crippen LogP contribution in [0.2, 0.25) is 0 Å². The van der Waals surface area contributed by atoms with Gasteiger partial charge >= 0.3 is 0 Å². The van der Waals surface area contributed by atoms with Gasteiger partial charge in [0.25, 0.3) is 0 Å². The number of benzene rings is 2. The summed E-state index contributed by atoms with van der Waals surface area (Å²) in [4.78, 5) is 19.0. The molecule has 146 valence electrons. The molecule has 2 atom stereocenters. The van der Waals surface area contributed by atoms with Gasteiger partial charge in [-0.15, -0.1) is 11.8 Å². The monoisotopic (exact) mass is 396 g/mol. The van der Waals surface area contributed by atoms with Crippen LogP contribution in [0.4, 0.5) is 10.1 Å². The molecule has 3 heterocycles. The molecule has 0 amide bonds. The number of carbonyl (C=O) groups is 1. The van der Waals surface area contributed by atoms with Gasteiger partial charge in [-0.05, 0) is 55.3 Å². The molecule has 0 aromatic heterocycles. The fraction of sp³-hybridized carbons (Fsp3) is 0.435. The molecule has 5 heteroatoms. The van der Waals surface area contributed by atoms with E-state index < -0.39 is 0 Å². The Bertz CT molecular complexity index is 885. The highest BCUT2D eigenvalue weighted by Crippen LogP contribution is 2.50. The molecule has 0 spiro atoms. The topological polar surface area (TPSA) is 23.6 Å². The molecule has 1 fully saturated rings. The molecule has 2 unspecified atom stereocenters. The Balaban J connectivity index is 1.20. The maximum absolute atomic E-state index is 13.0. The summed E-state index contributed by atoms with van der Waals surface area (Å²) in [7, 11) is 0. The second-order valence-electron chi connectivity index (χ2n) is 8.03. The van der Waals surface area contributed by atoms with E-state index in [1.807, 2.05) is 11.8 Å². The zero-order valence-electron chi connectivity index (χ0n) is 15.9.